The molecule has 0 spiro atoms. The molecule has 0 aromatic heterocycles. The van der Waals surface area contributed by atoms with E-state index in [-0.39, 0.29) is 23.4 Å². The number of benzene rings is 2. The van der Waals surface area contributed by atoms with Gasteiger partial charge >= 0.3 is 0 Å². The number of carbonyl (C=O) groups is 2. The number of nitrogens with zero attached hydrogens (tertiary/aromatic N) is 2. The van der Waals surface area contributed by atoms with Crippen LogP contribution in [-0.2, 0) is 14.3 Å². The molecule has 7 nitrogen and oxygen atoms in total. The highest BCUT2D eigenvalue weighted by atomic mass is 19.1. The number of ketones is 1. The average Bonchev–Trinajstić information content (AvgIpc) is 3.13. The second kappa shape index (κ2) is 11.5. The summed E-state index contributed by atoms with van der Waals surface area (Å²) in [6.07, 6.45) is 1.43. The van der Waals surface area contributed by atoms with Crippen LogP contribution >= 0.6 is 0 Å². The van der Waals surface area contributed by atoms with Crippen molar-refractivity contribution >= 4 is 17.4 Å². The third-order valence-corrected chi connectivity index (χ3v) is 6.30. The Morgan fingerprint density at radius 2 is 1.89 bits per heavy atom. The number of aliphatic hydroxyl groups excluding tert-OH is 1. The largest absolute Gasteiger partial charge is 0.507 e. The molecule has 186 valence electrons. The van der Waals surface area contributed by atoms with Crippen LogP contribution in [0.15, 0.2) is 54.1 Å². The van der Waals surface area contributed by atoms with Crippen molar-refractivity contribution in [2.24, 2.45) is 0 Å². The molecule has 1 atom stereocenters. The molecule has 1 amide bonds. The standard InChI is InChI=1S/C27H31FN2O5/c1-2-15-35-20-8-5-7-19(18-20)25(31)23-24(21-9-3-4-10-22(21)28)30(27(33)26(23)32)12-6-11-29-13-16-34-17-14-29/h3-5,7-10,18,24,31H,2,6,11-17H2,1H3/b25-23+. The first kappa shape index (κ1) is 24.9. The van der Waals surface area contributed by atoms with E-state index in [2.05, 4.69) is 4.90 Å². The predicted octanol–water partition coefficient (Wildman–Crippen LogP) is 3.76. The fourth-order valence-corrected chi connectivity index (χ4v) is 4.53. The van der Waals surface area contributed by atoms with Gasteiger partial charge in [-0.3, -0.25) is 14.5 Å². The van der Waals surface area contributed by atoms with Crippen LogP contribution in [0.4, 0.5) is 4.39 Å². The summed E-state index contributed by atoms with van der Waals surface area (Å²) in [5, 5.41) is 11.2. The minimum Gasteiger partial charge on any atom is -0.507 e. The molecule has 8 heteroatoms. The molecule has 2 aromatic rings. The smallest absolute Gasteiger partial charge is 0.295 e. The number of carbonyl (C=O) groups excluding carboxylic acids is 2. The molecule has 0 aliphatic carbocycles. The van der Waals surface area contributed by atoms with Crippen LogP contribution < -0.4 is 4.74 Å². The van der Waals surface area contributed by atoms with Gasteiger partial charge in [0.05, 0.1) is 31.4 Å². The van der Waals surface area contributed by atoms with Gasteiger partial charge in [0, 0.05) is 37.3 Å². The lowest BCUT2D eigenvalue weighted by molar-refractivity contribution is -0.140. The van der Waals surface area contributed by atoms with Gasteiger partial charge in [-0.2, -0.15) is 0 Å². The Morgan fingerprint density at radius 1 is 1.11 bits per heavy atom. The number of hydrogen-bond acceptors (Lipinski definition) is 6. The van der Waals surface area contributed by atoms with Crippen LogP contribution in [0.5, 0.6) is 5.75 Å². The van der Waals surface area contributed by atoms with E-state index in [1.165, 1.54) is 11.0 Å². The summed E-state index contributed by atoms with van der Waals surface area (Å²) < 4.78 is 26.0. The number of rotatable bonds is 9. The maximum atomic E-state index is 14.9. The number of halogens is 1. The fourth-order valence-electron chi connectivity index (χ4n) is 4.53. The summed E-state index contributed by atoms with van der Waals surface area (Å²) in [6, 6.07) is 11.8. The lowest BCUT2D eigenvalue weighted by atomic mass is 9.95. The van der Waals surface area contributed by atoms with E-state index in [0.29, 0.717) is 37.6 Å². The number of hydrogen-bond donors (Lipinski definition) is 1. The maximum Gasteiger partial charge on any atom is 0.295 e. The van der Waals surface area contributed by atoms with Crippen molar-refractivity contribution in [1.29, 1.82) is 0 Å². The zero-order chi connectivity index (χ0) is 24.8. The van der Waals surface area contributed by atoms with E-state index in [1.54, 1.807) is 42.5 Å². The Balaban J connectivity index is 1.67. The monoisotopic (exact) mass is 482 g/mol. The van der Waals surface area contributed by atoms with Gasteiger partial charge in [0.15, 0.2) is 0 Å². The van der Waals surface area contributed by atoms with Gasteiger partial charge < -0.3 is 19.5 Å². The molecule has 0 bridgehead atoms. The third kappa shape index (κ3) is 5.55. The number of morpholine rings is 1. The summed E-state index contributed by atoms with van der Waals surface area (Å²) in [7, 11) is 0. The molecular formula is C27H31FN2O5. The van der Waals surface area contributed by atoms with Crippen LogP contribution in [0, 0.1) is 5.82 Å². The van der Waals surface area contributed by atoms with Gasteiger partial charge in [-0.1, -0.05) is 37.3 Å². The van der Waals surface area contributed by atoms with Crippen LogP contribution in [0.3, 0.4) is 0 Å². The third-order valence-electron chi connectivity index (χ3n) is 6.30. The summed E-state index contributed by atoms with van der Waals surface area (Å²) in [6.45, 7) is 6.44. The Bertz CT molecular complexity index is 1100. The van der Waals surface area contributed by atoms with E-state index < -0.39 is 23.5 Å². The van der Waals surface area contributed by atoms with Crippen LogP contribution in [0.2, 0.25) is 0 Å². The van der Waals surface area contributed by atoms with Crippen molar-refractivity contribution in [3.05, 3.63) is 71.0 Å². The zero-order valence-corrected chi connectivity index (χ0v) is 19.9. The number of ether oxygens (including phenoxy) is 2. The SMILES string of the molecule is CCCOc1cccc(/C(O)=C2\C(=O)C(=O)N(CCCN3CCOCC3)C2c2ccccc2F)c1. The van der Waals surface area contributed by atoms with Crippen LogP contribution in [0.25, 0.3) is 5.76 Å². The second-order valence-corrected chi connectivity index (χ2v) is 8.70. The quantitative estimate of drug-likeness (QED) is 0.333. The molecule has 2 fully saturated rings. The van der Waals surface area contributed by atoms with Crippen molar-refractivity contribution < 1.29 is 28.6 Å². The van der Waals surface area contributed by atoms with Crippen LogP contribution in [0.1, 0.15) is 36.9 Å². The number of aliphatic hydroxyl groups is 1. The maximum absolute atomic E-state index is 14.9. The van der Waals surface area contributed by atoms with E-state index in [4.69, 9.17) is 9.47 Å². The van der Waals surface area contributed by atoms with Crippen molar-refractivity contribution in [2.45, 2.75) is 25.8 Å². The Hall–Kier alpha value is -3.23. The number of amides is 1. The zero-order valence-electron chi connectivity index (χ0n) is 19.9. The van der Waals surface area contributed by atoms with Gasteiger partial charge in [-0.15, -0.1) is 0 Å². The van der Waals surface area contributed by atoms with Gasteiger partial charge in [-0.25, -0.2) is 4.39 Å². The van der Waals surface area contributed by atoms with Gasteiger partial charge in [0.2, 0.25) is 0 Å². The van der Waals surface area contributed by atoms with Crippen LogP contribution in [-0.4, -0.2) is 72.6 Å². The first-order valence-corrected chi connectivity index (χ1v) is 12.1. The Labute approximate surface area is 204 Å². The number of Topliss-reactive ketones (excluding diaryl/α,β-unsaturated/α-hetero) is 1. The minimum atomic E-state index is -1.01. The van der Waals surface area contributed by atoms with E-state index in [0.717, 1.165) is 26.1 Å². The molecule has 2 aliphatic rings. The first-order valence-electron chi connectivity index (χ1n) is 12.1. The van der Waals surface area contributed by atoms with E-state index >= 15 is 0 Å². The molecule has 1 N–H and O–H groups in total. The lowest BCUT2D eigenvalue weighted by Crippen LogP contribution is -2.39. The minimum absolute atomic E-state index is 0.112. The van der Waals surface area contributed by atoms with Crippen molar-refractivity contribution in [2.75, 3.05) is 46.0 Å². The normalized spacial score (nSPS) is 20.4. The molecular weight excluding hydrogens is 451 g/mol. The van der Waals surface area contributed by atoms with E-state index in [9.17, 15) is 19.1 Å². The predicted molar refractivity (Wildman–Crippen MR) is 130 cm³/mol. The second-order valence-electron chi connectivity index (χ2n) is 8.70. The summed E-state index contributed by atoms with van der Waals surface area (Å²) >= 11 is 0. The fraction of sp³-hybridized carbons (Fsp3) is 0.407. The van der Waals surface area contributed by atoms with Crippen molar-refractivity contribution in [3.63, 3.8) is 0 Å². The molecule has 2 heterocycles. The topological polar surface area (TPSA) is 79.3 Å². The van der Waals surface area contributed by atoms with Gasteiger partial charge in [-0.05, 0) is 31.0 Å². The van der Waals surface area contributed by atoms with Gasteiger partial charge in [0.25, 0.3) is 11.7 Å². The highest BCUT2D eigenvalue weighted by molar-refractivity contribution is 6.46. The summed E-state index contributed by atoms with van der Waals surface area (Å²) in [4.78, 5) is 29.9. The molecule has 0 radical (unpaired) electrons. The summed E-state index contributed by atoms with van der Waals surface area (Å²) in [5.41, 5.74) is 0.406. The summed E-state index contributed by atoms with van der Waals surface area (Å²) in [5.74, 6) is -1.89. The highest BCUT2D eigenvalue weighted by Gasteiger charge is 2.46. The molecule has 2 aromatic carbocycles. The number of likely N-dealkylation sites (tertiary alicyclic amines) is 1. The van der Waals surface area contributed by atoms with Crippen molar-refractivity contribution in [1.82, 2.24) is 9.80 Å². The molecule has 4 rings (SSSR count). The molecule has 35 heavy (non-hydrogen) atoms. The molecule has 2 aliphatic heterocycles. The van der Waals surface area contributed by atoms with Crippen molar-refractivity contribution in [3.8, 4) is 5.75 Å². The lowest BCUT2D eigenvalue weighted by Gasteiger charge is -2.29. The highest BCUT2D eigenvalue weighted by Crippen LogP contribution is 2.40. The molecule has 2 saturated heterocycles. The van der Waals surface area contributed by atoms with E-state index in [1.807, 2.05) is 6.92 Å². The Morgan fingerprint density at radius 3 is 2.63 bits per heavy atom. The molecule has 0 saturated carbocycles. The van der Waals surface area contributed by atoms with Gasteiger partial charge in [0.1, 0.15) is 17.3 Å². The average molecular weight is 483 g/mol. The molecule has 1 unspecified atom stereocenters. The Kier molecular flexibility index (Phi) is 8.15. The first-order chi connectivity index (χ1) is 17.0.